The lowest BCUT2D eigenvalue weighted by Crippen LogP contribution is -2.38. The number of rotatable bonds is 9. The standard InChI is InChI=1S/C22H30N4O3/c1-3-21(23-24-22(27)17-19-5-4-10-25(19)2)18-6-8-20(9-7-18)29-16-13-26-11-14-28-15-12-26/h4-10H,3,11-17H2,1-2H3,(H,24,27)/b23-21-. The van der Waals surface area contributed by atoms with Crippen molar-refractivity contribution in [3.05, 3.63) is 53.9 Å². The van der Waals surface area contributed by atoms with Crippen LogP contribution in [0.25, 0.3) is 0 Å². The lowest BCUT2D eigenvalue weighted by Gasteiger charge is -2.26. The SMILES string of the molecule is CC/C(=N/NC(=O)Cc1cccn1C)c1ccc(OCCN2CCOCC2)cc1. The molecule has 0 saturated carbocycles. The Bertz CT molecular complexity index is 808. The average Bonchev–Trinajstić information content (AvgIpc) is 3.14. The van der Waals surface area contributed by atoms with E-state index in [4.69, 9.17) is 9.47 Å². The maximum Gasteiger partial charge on any atom is 0.246 e. The molecule has 1 aliphatic rings. The van der Waals surface area contributed by atoms with Gasteiger partial charge in [-0.15, -0.1) is 0 Å². The van der Waals surface area contributed by atoms with Crippen LogP contribution in [0.15, 0.2) is 47.7 Å². The molecule has 0 radical (unpaired) electrons. The van der Waals surface area contributed by atoms with Gasteiger partial charge in [0.1, 0.15) is 12.4 Å². The molecule has 156 valence electrons. The summed E-state index contributed by atoms with van der Waals surface area (Å²) in [5.74, 6) is 0.714. The third kappa shape index (κ3) is 6.44. The van der Waals surface area contributed by atoms with Crippen LogP contribution in [0.1, 0.15) is 24.6 Å². The van der Waals surface area contributed by atoms with Crippen molar-refractivity contribution < 1.29 is 14.3 Å². The highest BCUT2D eigenvalue weighted by Crippen LogP contribution is 2.14. The van der Waals surface area contributed by atoms with Crippen molar-refractivity contribution >= 4 is 11.6 Å². The van der Waals surface area contributed by atoms with Crippen molar-refractivity contribution in [2.24, 2.45) is 12.1 Å². The van der Waals surface area contributed by atoms with Gasteiger partial charge < -0.3 is 14.0 Å². The molecular formula is C22H30N4O3. The number of nitrogens with zero attached hydrogens (tertiary/aromatic N) is 3. The fourth-order valence-electron chi connectivity index (χ4n) is 3.22. The van der Waals surface area contributed by atoms with Gasteiger partial charge in [-0.05, 0) is 48.4 Å². The molecule has 1 aromatic heterocycles. The van der Waals surface area contributed by atoms with Crippen LogP contribution in [-0.2, 0) is 23.0 Å². The Morgan fingerprint density at radius 3 is 2.62 bits per heavy atom. The van der Waals surface area contributed by atoms with Gasteiger partial charge in [0, 0.05) is 38.6 Å². The van der Waals surface area contributed by atoms with E-state index in [0.29, 0.717) is 13.0 Å². The number of ether oxygens (including phenoxy) is 2. The molecule has 29 heavy (non-hydrogen) atoms. The van der Waals surface area contributed by atoms with E-state index in [1.54, 1.807) is 0 Å². The lowest BCUT2D eigenvalue weighted by molar-refractivity contribution is -0.120. The number of hydrazone groups is 1. The van der Waals surface area contributed by atoms with Gasteiger partial charge in [-0.25, -0.2) is 5.43 Å². The predicted molar refractivity (Wildman–Crippen MR) is 113 cm³/mol. The highest BCUT2D eigenvalue weighted by atomic mass is 16.5. The van der Waals surface area contributed by atoms with E-state index in [-0.39, 0.29) is 5.91 Å². The smallest absolute Gasteiger partial charge is 0.246 e. The van der Waals surface area contributed by atoms with Crippen molar-refractivity contribution in [3.8, 4) is 5.75 Å². The summed E-state index contributed by atoms with van der Waals surface area (Å²) < 4.78 is 13.1. The molecule has 0 bridgehead atoms. The Labute approximate surface area is 172 Å². The van der Waals surface area contributed by atoms with Crippen LogP contribution in [0.3, 0.4) is 0 Å². The van der Waals surface area contributed by atoms with Gasteiger partial charge in [0.15, 0.2) is 0 Å². The molecule has 1 N–H and O–H groups in total. The number of nitrogens with one attached hydrogen (secondary N) is 1. The summed E-state index contributed by atoms with van der Waals surface area (Å²) >= 11 is 0. The fourth-order valence-corrected chi connectivity index (χ4v) is 3.22. The summed E-state index contributed by atoms with van der Waals surface area (Å²) in [7, 11) is 1.92. The van der Waals surface area contributed by atoms with Crippen LogP contribution in [-0.4, -0.2) is 60.5 Å². The summed E-state index contributed by atoms with van der Waals surface area (Å²) in [4.78, 5) is 14.5. The second-order valence-corrected chi connectivity index (χ2v) is 7.06. The topological polar surface area (TPSA) is 68.1 Å². The Kier molecular flexibility index (Phi) is 7.84. The van der Waals surface area contributed by atoms with Gasteiger partial charge in [-0.1, -0.05) is 6.92 Å². The second kappa shape index (κ2) is 10.8. The number of aromatic nitrogens is 1. The number of benzene rings is 1. The van der Waals surface area contributed by atoms with Crippen LogP contribution in [0.5, 0.6) is 5.75 Å². The molecule has 0 atom stereocenters. The average molecular weight is 399 g/mol. The summed E-state index contributed by atoms with van der Waals surface area (Å²) in [6.45, 7) is 7.12. The molecule has 1 amide bonds. The quantitative estimate of drug-likeness (QED) is 0.519. The van der Waals surface area contributed by atoms with E-state index < -0.39 is 0 Å². The molecule has 0 spiro atoms. The first-order valence-corrected chi connectivity index (χ1v) is 10.1. The zero-order valence-corrected chi connectivity index (χ0v) is 17.3. The zero-order chi connectivity index (χ0) is 20.5. The van der Waals surface area contributed by atoms with Crippen LogP contribution >= 0.6 is 0 Å². The summed E-state index contributed by atoms with van der Waals surface area (Å²) in [6.07, 6.45) is 2.95. The minimum absolute atomic E-state index is 0.124. The van der Waals surface area contributed by atoms with Crippen LogP contribution < -0.4 is 10.2 Å². The number of carbonyl (C=O) groups excluding carboxylic acids is 1. The molecule has 1 aliphatic heterocycles. The monoisotopic (exact) mass is 398 g/mol. The van der Waals surface area contributed by atoms with Gasteiger partial charge in [-0.2, -0.15) is 5.10 Å². The molecule has 0 aliphatic carbocycles. The maximum absolute atomic E-state index is 12.2. The third-order valence-corrected chi connectivity index (χ3v) is 5.01. The van der Waals surface area contributed by atoms with Gasteiger partial charge in [-0.3, -0.25) is 9.69 Å². The summed E-state index contributed by atoms with van der Waals surface area (Å²) in [5, 5.41) is 4.32. The largest absolute Gasteiger partial charge is 0.492 e. The molecule has 3 rings (SSSR count). The Hall–Kier alpha value is -2.64. The normalized spacial score (nSPS) is 15.3. The number of morpholine rings is 1. The summed E-state index contributed by atoms with van der Waals surface area (Å²) in [6, 6.07) is 11.7. The van der Waals surface area contributed by atoms with E-state index in [1.165, 1.54) is 0 Å². The minimum Gasteiger partial charge on any atom is -0.492 e. The Morgan fingerprint density at radius 2 is 1.97 bits per heavy atom. The maximum atomic E-state index is 12.2. The first-order valence-electron chi connectivity index (χ1n) is 10.1. The Balaban J connectivity index is 1.49. The predicted octanol–water partition coefficient (Wildman–Crippen LogP) is 2.21. The number of aryl methyl sites for hydroxylation is 1. The van der Waals surface area contributed by atoms with Crippen molar-refractivity contribution in [1.82, 2.24) is 14.9 Å². The molecule has 7 heteroatoms. The van der Waals surface area contributed by atoms with Gasteiger partial charge in [0.05, 0.1) is 25.3 Å². The van der Waals surface area contributed by atoms with Crippen molar-refractivity contribution in [2.75, 3.05) is 39.5 Å². The number of hydrogen-bond donors (Lipinski definition) is 1. The van der Waals surface area contributed by atoms with Gasteiger partial charge >= 0.3 is 0 Å². The van der Waals surface area contributed by atoms with Crippen molar-refractivity contribution in [1.29, 1.82) is 0 Å². The van der Waals surface area contributed by atoms with Gasteiger partial charge in [0.25, 0.3) is 0 Å². The number of hydrogen-bond acceptors (Lipinski definition) is 5. The first-order chi connectivity index (χ1) is 14.2. The van der Waals surface area contributed by atoms with Crippen LogP contribution in [0.2, 0.25) is 0 Å². The molecule has 0 unspecified atom stereocenters. The van der Waals surface area contributed by atoms with E-state index in [2.05, 4.69) is 15.4 Å². The molecular weight excluding hydrogens is 368 g/mol. The van der Waals surface area contributed by atoms with E-state index >= 15 is 0 Å². The van der Waals surface area contributed by atoms with Crippen molar-refractivity contribution in [2.45, 2.75) is 19.8 Å². The molecule has 1 aromatic carbocycles. The summed E-state index contributed by atoms with van der Waals surface area (Å²) in [5.41, 5.74) is 5.44. The first kappa shape index (κ1) is 21.1. The van der Waals surface area contributed by atoms with E-state index in [1.807, 2.05) is 61.1 Å². The molecule has 1 saturated heterocycles. The number of carbonyl (C=O) groups is 1. The van der Waals surface area contributed by atoms with E-state index in [9.17, 15) is 4.79 Å². The van der Waals surface area contributed by atoms with Crippen LogP contribution in [0, 0.1) is 0 Å². The third-order valence-electron chi connectivity index (χ3n) is 5.01. The fraction of sp³-hybridized carbons (Fsp3) is 0.455. The molecule has 7 nitrogen and oxygen atoms in total. The molecule has 1 fully saturated rings. The minimum atomic E-state index is -0.124. The molecule has 2 aromatic rings. The highest BCUT2D eigenvalue weighted by molar-refractivity contribution is 6.01. The van der Waals surface area contributed by atoms with Crippen LogP contribution in [0.4, 0.5) is 0 Å². The highest BCUT2D eigenvalue weighted by Gasteiger charge is 2.10. The van der Waals surface area contributed by atoms with E-state index in [0.717, 1.165) is 62.0 Å². The number of amides is 1. The molecule has 2 heterocycles. The second-order valence-electron chi connectivity index (χ2n) is 7.06. The van der Waals surface area contributed by atoms with Gasteiger partial charge in [0.2, 0.25) is 5.91 Å². The Morgan fingerprint density at radius 1 is 1.21 bits per heavy atom. The zero-order valence-electron chi connectivity index (χ0n) is 17.3. The van der Waals surface area contributed by atoms with Crippen molar-refractivity contribution in [3.63, 3.8) is 0 Å². The lowest BCUT2D eigenvalue weighted by atomic mass is 10.1.